The van der Waals surface area contributed by atoms with Crippen LogP contribution >= 0.6 is 0 Å². The second-order valence-corrected chi connectivity index (χ2v) is 5.05. The first kappa shape index (κ1) is 13.0. The van der Waals surface area contributed by atoms with Crippen molar-refractivity contribution in [1.82, 2.24) is 19.7 Å². The zero-order chi connectivity index (χ0) is 13.1. The Labute approximate surface area is 107 Å². The van der Waals surface area contributed by atoms with E-state index in [1.807, 2.05) is 6.92 Å². The van der Waals surface area contributed by atoms with Gasteiger partial charge >= 0.3 is 0 Å². The van der Waals surface area contributed by atoms with Crippen LogP contribution in [0.5, 0.6) is 0 Å². The van der Waals surface area contributed by atoms with E-state index in [0.29, 0.717) is 13.0 Å². The average molecular weight is 251 g/mol. The maximum atomic E-state index is 11.9. The van der Waals surface area contributed by atoms with E-state index in [9.17, 15) is 4.79 Å². The highest BCUT2D eigenvalue weighted by molar-refractivity contribution is 5.75. The minimum atomic E-state index is 0.0692. The highest BCUT2D eigenvalue weighted by Gasteiger charge is 2.19. The summed E-state index contributed by atoms with van der Waals surface area (Å²) in [7, 11) is 1.81. The van der Waals surface area contributed by atoms with Crippen LogP contribution in [0.4, 0.5) is 0 Å². The summed E-state index contributed by atoms with van der Waals surface area (Å²) in [5.74, 6) is 2.04. The van der Waals surface area contributed by atoms with Crippen molar-refractivity contribution < 1.29 is 4.79 Å². The van der Waals surface area contributed by atoms with E-state index in [0.717, 1.165) is 37.5 Å². The molecule has 6 heteroatoms. The molecule has 2 rings (SSSR count). The molecule has 2 heterocycles. The molecule has 0 bridgehead atoms. The Morgan fingerprint density at radius 1 is 1.56 bits per heavy atom. The summed E-state index contributed by atoms with van der Waals surface area (Å²) in [6.45, 7) is 3.42. The Kier molecular flexibility index (Phi) is 3.96. The Hall–Kier alpha value is -1.43. The molecule has 0 spiro atoms. The molecule has 6 nitrogen and oxygen atoms in total. The molecular formula is C12H21N5O. The summed E-state index contributed by atoms with van der Waals surface area (Å²) < 4.78 is 2.12. The summed E-state index contributed by atoms with van der Waals surface area (Å²) in [4.78, 5) is 13.6. The van der Waals surface area contributed by atoms with E-state index < -0.39 is 0 Å². The van der Waals surface area contributed by atoms with Crippen LogP contribution < -0.4 is 5.73 Å². The minimum Gasteiger partial charge on any atom is -0.338 e. The quantitative estimate of drug-likeness (QED) is 0.817. The molecule has 2 N–H and O–H groups in total. The van der Waals surface area contributed by atoms with E-state index in [1.165, 1.54) is 0 Å². The van der Waals surface area contributed by atoms with Gasteiger partial charge in [-0.1, -0.05) is 0 Å². The molecule has 1 aromatic heterocycles. The fraction of sp³-hybridized carbons (Fsp3) is 0.750. The molecule has 1 amide bonds. The maximum Gasteiger partial charge on any atom is 0.222 e. The van der Waals surface area contributed by atoms with E-state index in [-0.39, 0.29) is 11.9 Å². The van der Waals surface area contributed by atoms with Gasteiger partial charge in [0.15, 0.2) is 5.82 Å². The second kappa shape index (κ2) is 5.48. The summed E-state index contributed by atoms with van der Waals surface area (Å²) in [6.07, 6.45) is 3.34. The van der Waals surface area contributed by atoms with Crippen molar-refractivity contribution in [3.63, 3.8) is 0 Å². The third-order valence-corrected chi connectivity index (χ3v) is 3.30. The van der Waals surface area contributed by atoms with Gasteiger partial charge < -0.3 is 15.2 Å². The van der Waals surface area contributed by atoms with Crippen LogP contribution in [0.15, 0.2) is 0 Å². The molecule has 18 heavy (non-hydrogen) atoms. The number of rotatable bonds is 5. The molecular weight excluding hydrogens is 230 g/mol. The normalized spacial score (nSPS) is 15.5. The van der Waals surface area contributed by atoms with Crippen molar-refractivity contribution in [3.8, 4) is 0 Å². The SMILES string of the molecule is CC(N)CCC(=O)N(C)Cc1nnc2n1CCC2. The van der Waals surface area contributed by atoms with Crippen molar-refractivity contribution in [1.29, 1.82) is 0 Å². The van der Waals surface area contributed by atoms with Crippen molar-refractivity contribution in [2.45, 2.75) is 51.7 Å². The van der Waals surface area contributed by atoms with Crippen LogP contribution in [0.25, 0.3) is 0 Å². The van der Waals surface area contributed by atoms with Gasteiger partial charge in [-0.15, -0.1) is 10.2 Å². The van der Waals surface area contributed by atoms with Gasteiger partial charge in [-0.05, 0) is 19.8 Å². The van der Waals surface area contributed by atoms with E-state index in [1.54, 1.807) is 11.9 Å². The molecule has 1 atom stereocenters. The van der Waals surface area contributed by atoms with Crippen LogP contribution in [-0.2, 0) is 24.3 Å². The van der Waals surface area contributed by atoms with Crippen molar-refractivity contribution in [2.75, 3.05) is 7.05 Å². The monoisotopic (exact) mass is 251 g/mol. The van der Waals surface area contributed by atoms with Crippen LogP contribution in [0.2, 0.25) is 0 Å². The molecule has 0 aromatic carbocycles. The Balaban J connectivity index is 1.90. The lowest BCUT2D eigenvalue weighted by Crippen LogP contribution is -2.29. The van der Waals surface area contributed by atoms with Crippen molar-refractivity contribution in [2.24, 2.45) is 5.73 Å². The van der Waals surface area contributed by atoms with E-state index in [2.05, 4.69) is 14.8 Å². The molecule has 0 radical (unpaired) electrons. The smallest absolute Gasteiger partial charge is 0.222 e. The van der Waals surface area contributed by atoms with Crippen LogP contribution in [0.3, 0.4) is 0 Å². The number of aryl methyl sites for hydroxylation is 1. The Morgan fingerprint density at radius 2 is 2.33 bits per heavy atom. The first-order chi connectivity index (χ1) is 8.58. The first-order valence-electron chi connectivity index (χ1n) is 6.48. The molecule has 100 valence electrons. The number of nitrogens with two attached hydrogens (primary N) is 1. The summed E-state index contributed by atoms with van der Waals surface area (Å²) in [5, 5.41) is 8.29. The highest BCUT2D eigenvalue weighted by atomic mass is 16.2. The molecule has 1 unspecified atom stereocenters. The molecule has 1 aliphatic rings. The zero-order valence-electron chi connectivity index (χ0n) is 11.1. The van der Waals surface area contributed by atoms with Gasteiger partial charge in [0.25, 0.3) is 0 Å². The number of nitrogens with zero attached hydrogens (tertiary/aromatic N) is 4. The van der Waals surface area contributed by atoms with Gasteiger partial charge in [-0.3, -0.25) is 4.79 Å². The molecule has 1 aliphatic heterocycles. The first-order valence-corrected chi connectivity index (χ1v) is 6.48. The number of amides is 1. The minimum absolute atomic E-state index is 0.0692. The molecule has 0 fully saturated rings. The van der Waals surface area contributed by atoms with Gasteiger partial charge in [0.1, 0.15) is 5.82 Å². The van der Waals surface area contributed by atoms with Gasteiger partial charge in [0.05, 0.1) is 6.54 Å². The van der Waals surface area contributed by atoms with Crippen LogP contribution in [0.1, 0.15) is 37.8 Å². The number of fused-ring (bicyclic) bond motifs is 1. The molecule has 0 saturated heterocycles. The fourth-order valence-corrected chi connectivity index (χ4v) is 2.17. The van der Waals surface area contributed by atoms with Crippen LogP contribution in [-0.4, -0.2) is 38.7 Å². The summed E-state index contributed by atoms with van der Waals surface area (Å²) >= 11 is 0. The number of carbonyl (C=O) groups is 1. The van der Waals surface area contributed by atoms with Crippen molar-refractivity contribution >= 4 is 5.91 Å². The fourth-order valence-electron chi connectivity index (χ4n) is 2.17. The maximum absolute atomic E-state index is 11.9. The lowest BCUT2D eigenvalue weighted by Gasteiger charge is -2.17. The predicted molar refractivity (Wildman–Crippen MR) is 67.7 cm³/mol. The van der Waals surface area contributed by atoms with Gasteiger partial charge in [-0.25, -0.2) is 0 Å². The second-order valence-electron chi connectivity index (χ2n) is 5.05. The average Bonchev–Trinajstić information content (AvgIpc) is 2.90. The number of hydrogen-bond donors (Lipinski definition) is 1. The Bertz CT molecular complexity index is 426. The van der Waals surface area contributed by atoms with Gasteiger partial charge in [0, 0.05) is 32.5 Å². The highest BCUT2D eigenvalue weighted by Crippen LogP contribution is 2.15. The Morgan fingerprint density at radius 3 is 3.06 bits per heavy atom. The summed E-state index contributed by atoms with van der Waals surface area (Å²) in [5.41, 5.74) is 5.65. The van der Waals surface area contributed by atoms with E-state index >= 15 is 0 Å². The molecule has 0 aliphatic carbocycles. The van der Waals surface area contributed by atoms with Gasteiger partial charge in [-0.2, -0.15) is 0 Å². The van der Waals surface area contributed by atoms with Crippen LogP contribution in [0, 0.1) is 0 Å². The largest absolute Gasteiger partial charge is 0.338 e. The third-order valence-electron chi connectivity index (χ3n) is 3.30. The topological polar surface area (TPSA) is 77.0 Å². The lowest BCUT2D eigenvalue weighted by atomic mass is 10.2. The van der Waals surface area contributed by atoms with E-state index in [4.69, 9.17) is 5.73 Å². The number of aromatic nitrogens is 3. The summed E-state index contributed by atoms with van der Waals surface area (Å²) in [6, 6.07) is 0.0692. The standard InChI is InChI=1S/C12H21N5O/c1-9(13)5-6-12(18)16(2)8-11-15-14-10-4-3-7-17(10)11/h9H,3-8,13H2,1-2H3. The predicted octanol–water partition coefficient (Wildman–Crippen LogP) is 0.310. The molecule has 1 aromatic rings. The number of hydrogen-bond acceptors (Lipinski definition) is 4. The lowest BCUT2D eigenvalue weighted by molar-refractivity contribution is -0.130. The zero-order valence-corrected chi connectivity index (χ0v) is 11.1. The van der Waals surface area contributed by atoms with Gasteiger partial charge in [0.2, 0.25) is 5.91 Å². The number of carbonyl (C=O) groups excluding carboxylic acids is 1. The van der Waals surface area contributed by atoms with Crippen molar-refractivity contribution in [3.05, 3.63) is 11.6 Å². The third kappa shape index (κ3) is 2.87. The molecule has 0 saturated carbocycles.